The van der Waals surface area contributed by atoms with E-state index in [4.69, 9.17) is 5.11 Å². The molecule has 1 aliphatic rings. The molecule has 0 radical (unpaired) electrons. The molecule has 0 aromatic heterocycles. The highest BCUT2D eigenvalue weighted by Crippen LogP contribution is 2.35. The summed E-state index contributed by atoms with van der Waals surface area (Å²) in [7, 11) is -3.22. The largest absolute Gasteiger partial charge is 0.480 e. The van der Waals surface area contributed by atoms with E-state index in [9.17, 15) is 18.0 Å². The zero-order chi connectivity index (χ0) is 13.2. The van der Waals surface area contributed by atoms with Crippen molar-refractivity contribution < 1.29 is 23.1 Å². The Morgan fingerprint density at radius 1 is 1.59 bits per heavy atom. The number of carbonyl (C=O) groups excluding carboxylic acids is 1. The Morgan fingerprint density at radius 3 is 2.41 bits per heavy atom. The van der Waals surface area contributed by atoms with Gasteiger partial charge in [-0.2, -0.15) is 0 Å². The highest BCUT2D eigenvalue weighted by molar-refractivity contribution is 7.90. The van der Waals surface area contributed by atoms with Gasteiger partial charge in [-0.05, 0) is 18.8 Å². The molecular weight excluding hydrogens is 246 g/mol. The van der Waals surface area contributed by atoms with Gasteiger partial charge in [-0.15, -0.1) is 0 Å². The van der Waals surface area contributed by atoms with E-state index in [1.54, 1.807) is 0 Å². The van der Waals surface area contributed by atoms with Crippen LogP contribution in [0.4, 0.5) is 0 Å². The predicted octanol–water partition coefficient (Wildman–Crippen LogP) is -0.259. The second-order valence-corrected chi connectivity index (χ2v) is 6.87. The first-order valence-corrected chi connectivity index (χ1v) is 7.45. The molecule has 1 saturated carbocycles. The third kappa shape index (κ3) is 3.99. The van der Waals surface area contributed by atoms with Crippen LogP contribution in [-0.2, 0) is 19.4 Å². The Bertz CT molecular complexity index is 405. The molecule has 1 rings (SSSR count). The first-order valence-electron chi connectivity index (χ1n) is 5.39. The Balaban J connectivity index is 2.70. The molecule has 3 unspecified atom stereocenters. The van der Waals surface area contributed by atoms with E-state index in [2.05, 4.69) is 0 Å². The molecule has 7 heteroatoms. The molecule has 17 heavy (non-hydrogen) atoms. The molecule has 0 saturated heterocycles. The van der Waals surface area contributed by atoms with Gasteiger partial charge in [0.2, 0.25) is 6.41 Å². The Morgan fingerprint density at radius 2 is 2.12 bits per heavy atom. The zero-order valence-electron chi connectivity index (χ0n) is 9.87. The smallest absolute Gasteiger partial charge is 0.326 e. The van der Waals surface area contributed by atoms with Crippen molar-refractivity contribution in [1.29, 1.82) is 0 Å². The Kier molecular flexibility index (Phi) is 4.13. The second-order valence-electron chi connectivity index (χ2n) is 4.61. The van der Waals surface area contributed by atoms with Crippen LogP contribution in [0.2, 0.25) is 0 Å². The van der Waals surface area contributed by atoms with Gasteiger partial charge in [-0.1, -0.05) is 6.92 Å². The van der Waals surface area contributed by atoms with E-state index in [0.29, 0.717) is 12.3 Å². The summed E-state index contributed by atoms with van der Waals surface area (Å²) < 4.78 is 22.0. The average molecular weight is 263 g/mol. The summed E-state index contributed by atoms with van der Waals surface area (Å²) in [5, 5.41) is 9.04. The second kappa shape index (κ2) is 5.03. The number of nitrogens with zero attached hydrogens (tertiary/aromatic N) is 1. The molecule has 1 N–H and O–H groups in total. The Labute approximate surface area is 101 Å². The molecule has 0 aliphatic heterocycles. The van der Waals surface area contributed by atoms with E-state index in [0.717, 1.165) is 12.7 Å². The van der Waals surface area contributed by atoms with Crippen molar-refractivity contribution in [2.45, 2.75) is 31.8 Å². The van der Waals surface area contributed by atoms with Gasteiger partial charge in [-0.3, -0.25) is 4.79 Å². The fourth-order valence-corrected chi connectivity index (χ4v) is 2.48. The number of rotatable bonds is 7. The topological polar surface area (TPSA) is 91.8 Å². The predicted molar refractivity (Wildman–Crippen MR) is 61.2 cm³/mol. The molecule has 0 bridgehead atoms. The molecule has 0 heterocycles. The van der Waals surface area contributed by atoms with Crippen molar-refractivity contribution in [1.82, 2.24) is 4.90 Å². The third-order valence-corrected chi connectivity index (χ3v) is 3.96. The summed E-state index contributed by atoms with van der Waals surface area (Å²) >= 11 is 0. The van der Waals surface area contributed by atoms with E-state index in [1.165, 1.54) is 4.90 Å². The number of carboxylic acid groups (broad SMARTS) is 1. The van der Waals surface area contributed by atoms with Crippen LogP contribution in [0.15, 0.2) is 0 Å². The van der Waals surface area contributed by atoms with Gasteiger partial charge in [0.25, 0.3) is 0 Å². The van der Waals surface area contributed by atoms with Crippen LogP contribution in [0.3, 0.4) is 0 Å². The lowest BCUT2D eigenvalue weighted by Crippen LogP contribution is -2.43. The number of sulfone groups is 1. The molecule has 0 aromatic carbocycles. The van der Waals surface area contributed by atoms with Crippen molar-refractivity contribution in [2.75, 3.05) is 12.0 Å². The molecular formula is C10H17NO5S. The van der Waals surface area contributed by atoms with Crippen LogP contribution in [0.1, 0.15) is 19.8 Å². The highest BCUT2D eigenvalue weighted by Gasteiger charge is 2.42. The molecule has 0 spiro atoms. The van der Waals surface area contributed by atoms with Crippen molar-refractivity contribution in [2.24, 2.45) is 5.92 Å². The number of carboxylic acids is 1. The fourth-order valence-electron chi connectivity index (χ4n) is 1.83. The molecule has 0 aromatic rings. The van der Waals surface area contributed by atoms with E-state index >= 15 is 0 Å². The molecule has 3 atom stereocenters. The lowest BCUT2D eigenvalue weighted by atomic mass is 10.2. The van der Waals surface area contributed by atoms with E-state index < -0.39 is 21.8 Å². The van der Waals surface area contributed by atoms with Crippen LogP contribution >= 0.6 is 0 Å². The Hall–Kier alpha value is -1.11. The van der Waals surface area contributed by atoms with Crippen molar-refractivity contribution in [3.05, 3.63) is 0 Å². The van der Waals surface area contributed by atoms with Gasteiger partial charge < -0.3 is 10.0 Å². The van der Waals surface area contributed by atoms with Crippen LogP contribution in [0.5, 0.6) is 0 Å². The monoisotopic (exact) mass is 263 g/mol. The van der Waals surface area contributed by atoms with Crippen LogP contribution in [0, 0.1) is 5.92 Å². The van der Waals surface area contributed by atoms with Gasteiger partial charge in [-0.25, -0.2) is 13.2 Å². The minimum Gasteiger partial charge on any atom is -0.480 e. The molecule has 6 nitrogen and oxygen atoms in total. The van der Waals surface area contributed by atoms with Gasteiger partial charge in [0.1, 0.15) is 15.9 Å². The SMILES string of the molecule is CC1CC1N(C=O)C(CCS(C)(=O)=O)C(=O)O. The van der Waals surface area contributed by atoms with Crippen molar-refractivity contribution in [3.8, 4) is 0 Å². The summed E-state index contributed by atoms with van der Waals surface area (Å²) in [5.41, 5.74) is 0. The van der Waals surface area contributed by atoms with Crippen LogP contribution in [-0.4, -0.2) is 54.9 Å². The standard InChI is InChI=1S/C10H17NO5S/c1-7-5-9(7)11(6-12)8(10(13)14)3-4-17(2,15)16/h6-9H,3-5H2,1-2H3,(H,13,14). The molecule has 1 amide bonds. The van der Waals surface area contributed by atoms with Crippen LogP contribution < -0.4 is 0 Å². The van der Waals surface area contributed by atoms with Gasteiger partial charge >= 0.3 is 5.97 Å². The number of hydrogen-bond donors (Lipinski definition) is 1. The number of aliphatic carboxylic acids is 1. The number of carbonyl (C=O) groups is 2. The molecule has 98 valence electrons. The maximum Gasteiger partial charge on any atom is 0.326 e. The zero-order valence-corrected chi connectivity index (χ0v) is 10.7. The first-order chi connectivity index (χ1) is 7.76. The average Bonchev–Trinajstić information content (AvgIpc) is 2.87. The molecule has 1 fully saturated rings. The summed E-state index contributed by atoms with van der Waals surface area (Å²) in [6.07, 6.45) is 2.28. The minimum atomic E-state index is -3.22. The lowest BCUT2D eigenvalue weighted by Gasteiger charge is -2.25. The summed E-state index contributed by atoms with van der Waals surface area (Å²) in [6.45, 7) is 1.93. The fraction of sp³-hybridized carbons (Fsp3) is 0.800. The maximum atomic E-state index is 11.1. The number of hydrogen-bond acceptors (Lipinski definition) is 4. The quantitative estimate of drug-likeness (QED) is 0.639. The van der Waals surface area contributed by atoms with Crippen molar-refractivity contribution >= 4 is 22.2 Å². The maximum absolute atomic E-state index is 11.1. The summed E-state index contributed by atoms with van der Waals surface area (Å²) in [6, 6.07) is -1.11. The number of amides is 1. The normalized spacial score (nSPS) is 25.1. The van der Waals surface area contributed by atoms with Crippen LogP contribution in [0.25, 0.3) is 0 Å². The highest BCUT2D eigenvalue weighted by atomic mass is 32.2. The first kappa shape index (κ1) is 14.0. The van der Waals surface area contributed by atoms with Gasteiger partial charge in [0.05, 0.1) is 5.75 Å². The molecule has 1 aliphatic carbocycles. The van der Waals surface area contributed by atoms with Gasteiger partial charge in [0, 0.05) is 12.3 Å². The third-order valence-electron chi connectivity index (χ3n) is 2.98. The minimum absolute atomic E-state index is 0.0594. The van der Waals surface area contributed by atoms with Crippen molar-refractivity contribution in [3.63, 3.8) is 0 Å². The van der Waals surface area contributed by atoms with E-state index in [-0.39, 0.29) is 18.2 Å². The van der Waals surface area contributed by atoms with E-state index in [1.807, 2.05) is 6.92 Å². The lowest BCUT2D eigenvalue weighted by molar-refractivity contribution is -0.147. The van der Waals surface area contributed by atoms with Gasteiger partial charge in [0.15, 0.2) is 0 Å². The summed E-state index contributed by atoms with van der Waals surface area (Å²) in [5.74, 6) is -1.09. The summed E-state index contributed by atoms with van der Waals surface area (Å²) in [4.78, 5) is 23.2.